The third kappa shape index (κ3) is 3.77. The Morgan fingerprint density at radius 1 is 1.44 bits per heavy atom. The zero-order valence-electron chi connectivity index (χ0n) is 9.94. The summed E-state index contributed by atoms with van der Waals surface area (Å²) in [6.45, 7) is -0.154. The zero-order chi connectivity index (χ0) is 12.8. The second-order valence-electron chi connectivity index (χ2n) is 3.98. The molecular formula is C13H15NO2S2. The quantitative estimate of drug-likeness (QED) is 0.812. The van der Waals surface area contributed by atoms with Crippen LogP contribution in [0.25, 0.3) is 0 Å². The van der Waals surface area contributed by atoms with Gasteiger partial charge in [-0.3, -0.25) is 4.79 Å². The number of hydrogen-bond acceptors (Lipinski definition) is 4. The summed E-state index contributed by atoms with van der Waals surface area (Å²) in [6.07, 6.45) is 2.11. The highest BCUT2D eigenvalue weighted by molar-refractivity contribution is 7.99. The first kappa shape index (κ1) is 13.5. The second-order valence-corrected chi connectivity index (χ2v) is 6.29. The van der Waals surface area contributed by atoms with Crippen molar-refractivity contribution in [2.75, 3.05) is 18.1 Å². The molecule has 18 heavy (non-hydrogen) atoms. The molecule has 1 aromatic rings. The summed E-state index contributed by atoms with van der Waals surface area (Å²) in [4.78, 5) is 13.5. The Balaban J connectivity index is 1.93. The second kappa shape index (κ2) is 6.83. The monoisotopic (exact) mass is 281 g/mol. The Kier molecular flexibility index (Phi) is 5.12. The Hall–Kier alpha value is -0.960. The molecule has 0 aliphatic carbocycles. The Morgan fingerprint density at radius 3 is 2.94 bits per heavy atom. The summed E-state index contributed by atoms with van der Waals surface area (Å²) in [5.74, 6) is 7.64. The lowest BCUT2D eigenvalue weighted by Gasteiger charge is -2.22. The van der Waals surface area contributed by atoms with E-state index in [4.69, 9.17) is 5.11 Å². The summed E-state index contributed by atoms with van der Waals surface area (Å²) in [7, 11) is 0. The fourth-order valence-corrected chi connectivity index (χ4v) is 3.64. The van der Waals surface area contributed by atoms with Gasteiger partial charge in [0.15, 0.2) is 0 Å². The molecule has 1 aromatic heterocycles. The molecule has 0 aromatic carbocycles. The van der Waals surface area contributed by atoms with Gasteiger partial charge in [-0.1, -0.05) is 11.8 Å². The lowest BCUT2D eigenvalue weighted by Crippen LogP contribution is -2.36. The first-order chi connectivity index (χ1) is 8.79. The van der Waals surface area contributed by atoms with Gasteiger partial charge < -0.3 is 10.4 Å². The van der Waals surface area contributed by atoms with E-state index in [1.165, 1.54) is 11.3 Å². The molecule has 1 aliphatic rings. The minimum absolute atomic E-state index is 0.00560. The molecule has 0 unspecified atom stereocenters. The Bertz CT molecular complexity index is 467. The number of carbonyl (C=O) groups is 1. The van der Waals surface area contributed by atoms with Crippen molar-refractivity contribution < 1.29 is 9.90 Å². The van der Waals surface area contributed by atoms with E-state index in [1.54, 1.807) is 6.07 Å². The third-order valence-electron chi connectivity index (χ3n) is 2.68. The third-order valence-corrected chi connectivity index (χ3v) is 4.73. The number of carbonyl (C=O) groups excluding carboxylic acids is 1. The van der Waals surface area contributed by atoms with Crippen LogP contribution in [0, 0.1) is 11.8 Å². The molecule has 0 spiro atoms. The van der Waals surface area contributed by atoms with Crippen molar-refractivity contribution in [3.8, 4) is 11.8 Å². The topological polar surface area (TPSA) is 49.3 Å². The fourth-order valence-electron chi connectivity index (χ4n) is 1.75. The van der Waals surface area contributed by atoms with E-state index >= 15 is 0 Å². The van der Waals surface area contributed by atoms with Crippen molar-refractivity contribution in [3.05, 3.63) is 21.9 Å². The summed E-state index contributed by atoms with van der Waals surface area (Å²) >= 11 is 3.31. The highest BCUT2D eigenvalue weighted by Gasteiger charge is 2.17. The maximum atomic E-state index is 12.0. The molecule has 2 N–H and O–H groups in total. The van der Waals surface area contributed by atoms with Crippen LogP contribution in [0.5, 0.6) is 0 Å². The van der Waals surface area contributed by atoms with Crippen LogP contribution < -0.4 is 5.32 Å². The van der Waals surface area contributed by atoms with E-state index in [-0.39, 0.29) is 12.5 Å². The lowest BCUT2D eigenvalue weighted by atomic mass is 10.1. The number of rotatable bonds is 2. The summed E-state index contributed by atoms with van der Waals surface area (Å²) < 4.78 is 0. The van der Waals surface area contributed by atoms with Crippen LogP contribution in [-0.4, -0.2) is 35.2 Å². The summed E-state index contributed by atoms with van der Waals surface area (Å²) in [6, 6.07) is 3.92. The van der Waals surface area contributed by atoms with Gasteiger partial charge in [0.05, 0.1) is 9.75 Å². The van der Waals surface area contributed by atoms with Crippen molar-refractivity contribution in [2.24, 2.45) is 0 Å². The van der Waals surface area contributed by atoms with Crippen molar-refractivity contribution >= 4 is 29.0 Å². The molecule has 1 saturated heterocycles. The van der Waals surface area contributed by atoms with Crippen molar-refractivity contribution in [2.45, 2.75) is 18.9 Å². The van der Waals surface area contributed by atoms with E-state index < -0.39 is 0 Å². The van der Waals surface area contributed by atoms with Gasteiger partial charge in [-0.25, -0.2) is 0 Å². The van der Waals surface area contributed by atoms with Gasteiger partial charge >= 0.3 is 0 Å². The Labute approximate surface area is 115 Å². The molecular weight excluding hydrogens is 266 g/mol. The van der Waals surface area contributed by atoms with Gasteiger partial charge in [-0.05, 0) is 36.5 Å². The van der Waals surface area contributed by atoms with E-state index in [0.717, 1.165) is 29.2 Å². The predicted octanol–water partition coefficient (Wildman–Crippen LogP) is 1.72. The zero-order valence-corrected chi connectivity index (χ0v) is 11.6. The maximum Gasteiger partial charge on any atom is 0.261 e. The molecule has 0 saturated carbocycles. The average molecular weight is 281 g/mol. The van der Waals surface area contributed by atoms with E-state index in [9.17, 15) is 4.79 Å². The smallest absolute Gasteiger partial charge is 0.261 e. The number of thiophene rings is 1. The molecule has 2 rings (SSSR count). The summed E-state index contributed by atoms with van der Waals surface area (Å²) in [5.41, 5.74) is 0. The highest BCUT2D eigenvalue weighted by atomic mass is 32.2. The average Bonchev–Trinajstić information content (AvgIpc) is 2.86. The van der Waals surface area contributed by atoms with Crippen molar-refractivity contribution in [3.63, 3.8) is 0 Å². The number of aliphatic hydroxyl groups excluding tert-OH is 1. The normalized spacial score (nSPS) is 15.8. The molecule has 3 nitrogen and oxygen atoms in total. The van der Waals surface area contributed by atoms with E-state index in [2.05, 4.69) is 17.2 Å². The molecule has 5 heteroatoms. The first-order valence-electron chi connectivity index (χ1n) is 5.88. The predicted molar refractivity (Wildman–Crippen MR) is 76.1 cm³/mol. The summed E-state index contributed by atoms with van der Waals surface area (Å²) in [5, 5.41) is 11.7. The number of nitrogens with one attached hydrogen (secondary N) is 1. The Morgan fingerprint density at radius 2 is 2.22 bits per heavy atom. The van der Waals surface area contributed by atoms with Crippen LogP contribution >= 0.6 is 23.1 Å². The molecule has 1 aliphatic heterocycles. The molecule has 0 atom stereocenters. The number of hydrogen-bond donors (Lipinski definition) is 2. The maximum absolute atomic E-state index is 12.0. The van der Waals surface area contributed by atoms with Gasteiger partial charge in [-0.2, -0.15) is 11.8 Å². The molecule has 1 fully saturated rings. The molecule has 0 bridgehead atoms. The van der Waals surface area contributed by atoms with Crippen molar-refractivity contribution in [1.82, 2.24) is 5.32 Å². The molecule has 0 radical (unpaired) electrons. The van der Waals surface area contributed by atoms with Gasteiger partial charge in [0.1, 0.15) is 6.61 Å². The highest BCUT2D eigenvalue weighted by Crippen LogP contribution is 2.19. The van der Waals surface area contributed by atoms with Crippen LogP contribution in [0.3, 0.4) is 0 Å². The molecule has 96 valence electrons. The van der Waals surface area contributed by atoms with Crippen LogP contribution in [-0.2, 0) is 0 Å². The SMILES string of the molecule is O=C(NC1CCSCC1)c1ccc(C#CCO)s1. The largest absolute Gasteiger partial charge is 0.384 e. The number of thioether (sulfide) groups is 1. The van der Waals surface area contributed by atoms with Crippen LogP contribution in [0.2, 0.25) is 0 Å². The fraction of sp³-hybridized carbons (Fsp3) is 0.462. The van der Waals surface area contributed by atoms with Gasteiger partial charge in [-0.15, -0.1) is 11.3 Å². The first-order valence-corrected chi connectivity index (χ1v) is 7.85. The standard InChI is InChI=1S/C13H15NO2S2/c15-7-1-2-11-3-4-12(18-11)13(16)14-10-5-8-17-9-6-10/h3-4,10,15H,5-9H2,(H,14,16). The molecule has 2 heterocycles. The van der Waals surface area contributed by atoms with E-state index in [1.807, 2.05) is 17.8 Å². The lowest BCUT2D eigenvalue weighted by molar-refractivity contribution is 0.0939. The van der Waals surface area contributed by atoms with Gasteiger partial charge in [0, 0.05) is 6.04 Å². The van der Waals surface area contributed by atoms with E-state index in [0.29, 0.717) is 10.9 Å². The van der Waals surface area contributed by atoms with Crippen LogP contribution in [0.1, 0.15) is 27.4 Å². The van der Waals surface area contributed by atoms with Crippen LogP contribution in [0.4, 0.5) is 0 Å². The van der Waals surface area contributed by atoms with Gasteiger partial charge in [0.25, 0.3) is 5.91 Å². The number of amides is 1. The van der Waals surface area contributed by atoms with Crippen molar-refractivity contribution in [1.29, 1.82) is 0 Å². The minimum Gasteiger partial charge on any atom is -0.384 e. The van der Waals surface area contributed by atoms with Gasteiger partial charge in [0.2, 0.25) is 0 Å². The number of aliphatic hydroxyl groups is 1. The van der Waals surface area contributed by atoms with Crippen LogP contribution in [0.15, 0.2) is 12.1 Å². The molecule has 1 amide bonds. The minimum atomic E-state index is -0.154.